The largest absolute Gasteiger partial charge is 0.453 e. The molecule has 0 amide bonds. The summed E-state index contributed by atoms with van der Waals surface area (Å²) in [4.78, 5) is 3.09. The number of aromatic nitrogens is 3. The van der Waals surface area contributed by atoms with Crippen molar-refractivity contribution in [2.45, 2.75) is 6.18 Å². The van der Waals surface area contributed by atoms with Crippen molar-refractivity contribution in [3.05, 3.63) is 11.6 Å². The van der Waals surface area contributed by atoms with Crippen molar-refractivity contribution < 1.29 is 18.4 Å². The molecule has 1 aromatic rings. The average Bonchev–Trinajstić information content (AvgIpc) is 2.32. The summed E-state index contributed by atoms with van der Waals surface area (Å²) in [7, 11) is 1.26. The van der Waals surface area contributed by atoms with Gasteiger partial charge in [-0.1, -0.05) is 5.16 Å². The number of aryl methyl sites for hydroxylation is 1. The van der Waals surface area contributed by atoms with Gasteiger partial charge in [0.05, 0.1) is 0 Å². The van der Waals surface area contributed by atoms with E-state index < -0.39 is 12.0 Å². The van der Waals surface area contributed by atoms with Crippen LogP contribution in [-0.2, 0) is 13.2 Å². The standard InChI is InChI=1S/C5H5F3N4O/c1-12-3(2-9-13)10-4(11-12)5(6,7)8/h2,13H,1H3/b9-2+. The third kappa shape index (κ3) is 1.95. The summed E-state index contributed by atoms with van der Waals surface area (Å²) in [6.07, 6.45) is -3.82. The van der Waals surface area contributed by atoms with Gasteiger partial charge in [0.25, 0.3) is 5.82 Å². The van der Waals surface area contributed by atoms with Crippen LogP contribution in [0.25, 0.3) is 0 Å². The summed E-state index contributed by atoms with van der Waals surface area (Å²) >= 11 is 0. The van der Waals surface area contributed by atoms with Crippen molar-refractivity contribution in [3.63, 3.8) is 0 Å². The first-order valence-electron chi connectivity index (χ1n) is 3.11. The fourth-order valence-corrected chi connectivity index (χ4v) is 0.681. The van der Waals surface area contributed by atoms with Crippen molar-refractivity contribution in [2.24, 2.45) is 12.2 Å². The lowest BCUT2D eigenvalue weighted by molar-refractivity contribution is -0.144. The Morgan fingerprint density at radius 3 is 2.54 bits per heavy atom. The number of alkyl halides is 3. The normalized spacial score (nSPS) is 12.6. The molecule has 0 atom stereocenters. The Kier molecular flexibility index (Phi) is 2.22. The molecule has 1 heterocycles. The van der Waals surface area contributed by atoms with Crippen LogP contribution in [0.15, 0.2) is 5.16 Å². The van der Waals surface area contributed by atoms with Crippen LogP contribution in [0.2, 0.25) is 0 Å². The number of oxime groups is 1. The van der Waals surface area contributed by atoms with Gasteiger partial charge in [0.15, 0.2) is 5.82 Å². The molecule has 13 heavy (non-hydrogen) atoms. The molecule has 0 fully saturated rings. The summed E-state index contributed by atoms with van der Waals surface area (Å²) in [5.74, 6) is -1.43. The predicted octanol–water partition coefficient (Wildman–Crippen LogP) is 0.642. The lowest BCUT2D eigenvalue weighted by Gasteiger charge is -1.97. The van der Waals surface area contributed by atoms with Gasteiger partial charge in [-0.2, -0.15) is 13.2 Å². The van der Waals surface area contributed by atoms with Gasteiger partial charge in [0.1, 0.15) is 6.21 Å². The second-order valence-electron chi connectivity index (χ2n) is 2.16. The summed E-state index contributed by atoms with van der Waals surface area (Å²) in [6.45, 7) is 0. The van der Waals surface area contributed by atoms with Crippen LogP contribution in [0.1, 0.15) is 11.6 Å². The molecule has 0 aliphatic heterocycles. The highest BCUT2D eigenvalue weighted by Crippen LogP contribution is 2.25. The first-order valence-corrected chi connectivity index (χ1v) is 3.11. The van der Waals surface area contributed by atoms with Crippen LogP contribution in [0.4, 0.5) is 13.2 Å². The van der Waals surface area contributed by atoms with E-state index in [1.165, 1.54) is 7.05 Å². The van der Waals surface area contributed by atoms with Crippen LogP contribution in [0, 0.1) is 0 Å². The van der Waals surface area contributed by atoms with E-state index in [4.69, 9.17) is 5.21 Å². The molecule has 1 aromatic heterocycles. The molecule has 5 nitrogen and oxygen atoms in total. The van der Waals surface area contributed by atoms with Crippen molar-refractivity contribution >= 4 is 6.21 Å². The van der Waals surface area contributed by atoms with Crippen molar-refractivity contribution in [1.82, 2.24) is 14.8 Å². The number of hydrogen-bond donors (Lipinski definition) is 1. The highest BCUT2D eigenvalue weighted by Gasteiger charge is 2.36. The molecular formula is C5H5F3N4O. The fraction of sp³-hybridized carbons (Fsp3) is 0.400. The zero-order valence-corrected chi connectivity index (χ0v) is 6.45. The van der Waals surface area contributed by atoms with Gasteiger partial charge >= 0.3 is 6.18 Å². The molecular weight excluding hydrogens is 189 g/mol. The monoisotopic (exact) mass is 194 g/mol. The second kappa shape index (κ2) is 3.04. The van der Waals surface area contributed by atoms with Crippen molar-refractivity contribution in [3.8, 4) is 0 Å². The van der Waals surface area contributed by atoms with Crippen LogP contribution in [0.3, 0.4) is 0 Å². The topological polar surface area (TPSA) is 63.3 Å². The minimum absolute atomic E-state index is 0.171. The Morgan fingerprint density at radius 2 is 2.15 bits per heavy atom. The molecule has 0 aromatic carbocycles. The number of rotatable bonds is 1. The number of nitrogens with zero attached hydrogens (tertiary/aromatic N) is 4. The molecule has 0 radical (unpaired) electrons. The van der Waals surface area contributed by atoms with Gasteiger partial charge in [-0.25, -0.2) is 9.67 Å². The lowest BCUT2D eigenvalue weighted by Crippen LogP contribution is -2.08. The van der Waals surface area contributed by atoms with E-state index in [1.807, 2.05) is 0 Å². The molecule has 0 bridgehead atoms. The number of halogens is 3. The van der Waals surface area contributed by atoms with E-state index >= 15 is 0 Å². The maximum absolute atomic E-state index is 12.0. The van der Waals surface area contributed by atoms with E-state index in [1.54, 1.807) is 0 Å². The molecule has 0 saturated carbocycles. The van der Waals surface area contributed by atoms with E-state index in [-0.39, 0.29) is 5.82 Å². The molecule has 72 valence electrons. The van der Waals surface area contributed by atoms with Crippen LogP contribution < -0.4 is 0 Å². The third-order valence-electron chi connectivity index (χ3n) is 1.22. The van der Waals surface area contributed by atoms with Gasteiger partial charge in [0, 0.05) is 7.05 Å². The van der Waals surface area contributed by atoms with E-state index in [0.717, 1.165) is 10.9 Å². The van der Waals surface area contributed by atoms with Crippen LogP contribution in [0.5, 0.6) is 0 Å². The first kappa shape index (κ1) is 9.49. The molecule has 0 aliphatic carbocycles. The van der Waals surface area contributed by atoms with Gasteiger partial charge in [-0.3, -0.25) is 0 Å². The molecule has 1 rings (SSSR count). The molecule has 0 saturated heterocycles. The minimum atomic E-state index is -4.58. The summed E-state index contributed by atoms with van der Waals surface area (Å²) in [5, 5.41) is 13.7. The Hall–Kier alpha value is -1.60. The van der Waals surface area contributed by atoms with Gasteiger partial charge in [-0.15, -0.1) is 5.10 Å². The first-order chi connectivity index (χ1) is 5.95. The van der Waals surface area contributed by atoms with Gasteiger partial charge in [0.2, 0.25) is 0 Å². The minimum Gasteiger partial charge on any atom is -0.411 e. The smallest absolute Gasteiger partial charge is 0.411 e. The van der Waals surface area contributed by atoms with Gasteiger partial charge in [-0.05, 0) is 0 Å². The molecule has 0 unspecified atom stereocenters. The molecule has 0 aliphatic rings. The third-order valence-corrected chi connectivity index (χ3v) is 1.22. The SMILES string of the molecule is Cn1nc(C(F)(F)F)nc1/C=N/O. The Labute approximate surface area is 70.5 Å². The second-order valence-corrected chi connectivity index (χ2v) is 2.16. The Bertz CT molecular complexity index is 329. The summed E-state index contributed by atoms with van der Waals surface area (Å²) < 4.78 is 36.8. The maximum Gasteiger partial charge on any atom is 0.453 e. The quantitative estimate of drug-likeness (QED) is 0.405. The Morgan fingerprint density at radius 1 is 1.54 bits per heavy atom. The van der Waals surface area contributed by atoms with Crippen LogP contribution in [-0.4, -0.2) is 26.2 Å². The van der Waals surface area contributed by atoms with Crippen molar-refractivity contribution in [1.29, 1.82) is 0 Å². The van der Waals surface area contributed by atoms with Crippen molar-refractivity contribution in [2.75, 3.05) is 0 Å². The average molecular weight is 194 g/mol. The summed E-state index contributed by atoms with van der Waals surface area (Å²) in [5.41, 5.74) is 0. The fourth-order valence-electron chi connectivity index (χ4n) is 0.681. The van der Waals surface area contributed by atoms with Gasteiger partial charge < -0.3 is 5.21 Å². The predicted molar refractivity (Wildman–Crippen MR) is 35.4 cm³/mol. The summed E-state index contributed by atoms with van der Waals surface area (Å²) in [6, 6.07) is 0. The Balaban J connectivity index is 3.09. The van der Waals surface area contributed by atoms with Crippen LogP contribution >= 0.6 is 0 Å². The molecule has 8 heteroatoms. The molecule has 0 spiro atoms. The number of hydrogen-bond acceptors (Lipinski definition) is 4. The highest BCUT2D eigenvalue weighted by atomic mass is 19.4. The van der Waals surface area contributed by atoms with E-state index in [2.05, 4.69) is 15.2 Å². The highest BCUT2D eigenvalue weighted by molar-refractivity contribution is 5.73. The maximum atomic E-state index is 12.0. The molecule has 1 N–H and O–H groups in total. The zero-order chi connectivity index (χ0) is 10.1. The van der Waals surface area contributed by atoms with E-state index in [9.17, 15) is 13.2 Å². The lowest BCUT2D eigenvalue weighted by atomic mass is 10.6. The van der Waals surface area contributed by atoms with E-state index in [0.29, 0.717) is 0 Å². The zero-order valence-electron chi connectivity index (χ0n) is 6.45.